The van der Waals surface area contributed by atoms with Crippen molar-refractivity contribution in [3.8, 4) is 0 Å². The van der Waals surface area contributed by atoms with Crippen molar-refractivity contribution < 1.29 is 14.7 Å². The zero-order valence-electron chi connectivity index (χ0n) is 10.7. The Labute approximate surface area is 102 Å². The lowest BCUT2D eigenvalue weighted by Crippen LogP contribution is -2.47. The van der Waals surface area contributed by atoms with Crippen LogP contribution in [0.25, 0.3) is 0 Å². The van der Waals surface area contributed by atoms with Gasteiger partial charge in [0.2, 0.25) is 0 Å². The van der Waals surface area contributed by atoms with Gasteiger partial charge in [-0.1, -0.05) is 20.8 Å². The molecule has 0 aromatic carbocycles. The van der Waals surface area contributed by atoms with E-state index in [1.165, 1.54) is 0 Å². The van der Waals surface area contributed by atoms with Crippen LogP contribution < -0.4 is 10.6 Å². The van der Waals surface area contributed by atoms with Crippen LogP contribution >= 0.6 is 0 Å². The summed E-state index contributed by atoms with van der Waals surface area (Å²) in [5.41, 5.74) is 0. The third-order valence-electron chi connectivity index (χ3n) is 3.11. The van der Waals surface area contributed by atoms with Crippen LogP contribution in [0.1, 0.15) is 33.6 Å². The maximum absolute atomic E-state index is 11.5. The van der Waals surface area contributed by atoms with Gasteiger partial charge in [0.05, 0.1) is 0 Å². The molecule has 98 valence electrons. The standard InChI is InChI=1S/C12H22N2O3/c1-7(2)4-10(11(15)16)14-12(17)13-6-9-5-8(9)3/h7-10H,4-6H2,1-3H3,(H,15,16)(H2,13,14,17)/t8?,9?,10-/m1/s1. The maximum Gasteiger partial charge on any atom is 0.326 e. The quantitative estimate of drug-likeness (QED) is 0.659. The number of aliphatic carboxylic acids is 1. The van der Waals surface area contributed by atoms with Crippen LogP contribution in [0.2, 0.25) is 0 Å². The highest BCUT2D eigenvalue weighted by Crippen LogP contribution is 2.36. The van der Waals surface area contributed by atoms with Gasteiger partial charge in [-0.15, -0.1) is 0 Å². The van der Waals surface area contributed by atoms with Gasteiger partial charge in [0.25, 0.3) is 0 Å². The zero-order valence-corrected chi connectivity index (χ0v) is 10.7. The summed E-state index contributed by atoms with van der Waals surface area (Å²) < 4.78 is 0. The number of hydrogen-bond acceptors (Lipinski definition) is 2. The fourth-order valence-corrected chi connectivity index (χ4v) is 1.81. The van der Waals surface area contributed by atoms with E-state index in [9.17, 15) is 9.59 Å². The highest BCUT2D eigenvalue weighted by molar-refractivity contribution is 5.82. The first-order chi connectivity index (χ1) is 7.90. The van der Waals surface area contributed by atoms with Gasteiger partial charge in [-0.25, -0.2) is 9.59 Å². The van der Waals surface area contributed by atoms with Crippen molar-refractivity contribution in [3.63, 3.8) is 0 Å². The topological polar surface area (TPSA) is 78.4 Å². The average molecular weight is 242 g/mol. The molecule has 17 heavy (non-hydrogen) atoms. The Hall–Kier alpha value is -1.26. The number of rotatable bonds is 6. The Bertz CT molecular complexity index is 291. The number of carbonyl (C=O) groups is 2. The lowest BCUT2D eigenvalue weighted by Gasteiger charge is -2.16. The van der Waals surface area contributed by atoms with Crippen molar-refractivity contribution in [1.82, 2.24) is 10.6 Å². The first kappa shape index (κ1) is 13.8. The van der Waals surface area contributed by atoms with Gasteiger partial charge >= 0.3 is 12.0 Å². The first-order valence-electron chi connectivity index (χ1n) is 6.17. The SMILES string of the molecule is CC(C)C[C@@H](NC(=O)NCC1CC1C)C(=O)O. The summed E-state index contributed by atoms with van der Waals surface area (Å²) >= 11 is 0. The molecule has 5 nitrogen and oxygen atoms in total. The van der Waals surface area contributed by atoms with Crippen LogP contribution in [-0.4, -0.2) is 29.7 Å². The summed E-state index contributed by atoms with van der Waals surface area (Å²) in [6.45, 7) is 6.65. The van der Waals surface area contributed by atoms with Crippen molar-refractivity contribution >= 4 is 12.0 Å². The van der Waals surface area contributed by atoms with Gasteiger partial charge in [-0.05, 0) is 30.6 Å². The molecule has 0 bridgehead atoms. The minimum absolute atomic E-state index is 0.236. The predicted molar refractivity (Wildman–Crippen MR) is 64.7 cm³/mol. The maximum atomic E-state index is 11.5. The van der Waals surface area contributed by atoms with E-state index < -0.39 is 12.0 Å². The molecule has 2 unspecified atom stereocenters. The van der Waals surface area contributed by atoms with Gasteiger partial charge in [0.15, 0.2) is 0 Å². The summed E-state index contributed by atoms with van der Waals surface area (Å²) in [6.07, 6.45) is 1.59. The van der Waals surface area contributed by atoms with Crippen molar-refractivity contribution in [2.45, 2.75) is 39.7 Å². The highest BCUT2D eigenvalue weighted by Gasteiger charge is 2.32. The van der Waals surface area contributed by atoms with Gasteiger partial charge < -0.3 is 15.7 Å². The molecule has 1 aliphatic rings. The zero-order chi connectivity index (χ0) is 13.0. The number of nitrogens with one attached hydrogen (secondary N) is 2. The monoisotopic (exact) mass is 242 g/mol. The summed E-state index contributed by atoms with van der Waals surface area (Å²) in [6, 6.07) is -1.18. The van der Waals surface area contributed by atoms with Gasteiger partial charge in [0, 0.05) is 6.54 Å². The summed E-state index contributed by atoms with van der Waals surface area (Å²) in [5, 5.41) is 14.2. The van der Waals surface area contributed by atoms with Crippen molar-refractivity contribution in [2.75, 3.05) is 6.54 Å². The number of carbonyl (C=O) groups excluding carboxylic acids is 1. The van der Waals surface area contributed by atoms with Crippen LogP contribution in [0.15, 0.2) is 0 Å². The molecule has 0 aromatic heterocycles. The fraction of sp³-hybridized carbons (Fsp3) is 0.833. The molecule has 5 heteroatoms. The molecule has 1 rings (SSSR count). The second-order valence-electron chi connectivity index (χ2n) is 5.35. The Balaban J connectivity index is 2.27. The van der Waals surface area contributed by atoms with Crippen LogP contribution in [0.4, 0.5) is 4.79 Å². The fourth-order valence-electron chi connectivity index (χ4n) is 1.81. The Morgan fingerprint density at radius 1 is 1.41 bits per heavy atom. The van der Waals surface area contributed by atoms with Gasteiger partial charge in [-0.3, -0.25) is 0 Å². The molecule has 3 N–H and O–H groups in total. The molecule has 0 spiro atoms. The second kappa shape index (κ2) is 5.89. The lowest BCUT2D eigenvalue weighted by molar-refractivity contribution is -0.139. The molecule has 1 fully saturated rings. The van der Waals surface area contributed by atoms with Crippen LogP contribution in [0.3, 0.4) is 0 Å². The minimum atomic E-state index is -0.978. The molecular weight excluding hydrogens is 220 g/mol. The largest absolute Gasteiger partial charge is 0.480 e. The van der Waals surface area contributed by atoms with E-state index in [-0.39, 0.29) is 11.9 Å². The van der Waals surface area contributed by atoms with E-state index in [1.807, 2.05) is 13.8 Å². The Kier molecular flexibility index (Phi) is 4.78. The summed E-state index contributed by atoms with van der Waals surface area (Å²) in [5.74, 6) is 0.504. The number of carboxylic acids is 1. The molecule has 0 aliphatic heterocycles. The van der Waals surface area contributed by atoms with E-state index in [1.54, 1.807) is 0 Å². The normalized spacial score (nSPS) is 24.2. The number of hydrogen-bond donors (Lipinski definition) is 3. The van der Waals surface area contributed by atoms with Crippen molar-refractivity contribution in [3.05, 3.63) is 0 Å². The van der Waals surface area contributed by atoms with E-state index in [0.717, 1.165) is 6.42 Å². The number of carboxylic acid groups (broad SMARTS) is 1. The first-order valence-corrected chi connectivity index (χ1v) is 6.17. The predicted octanol–water partition coefficient (Wildman–Crippen LogP) is 1.44. The van der Waals surface area contributed by atoms with Gasteiger partial charge in [0.1, 0.15) is 6.04 Å². The highest BCUT2D eigenvalue weighted by atomic mass is 16.4. The van der Waals surface area contributed by atoms with Crippen molar-refractivity contribution in [2.24, 2.45) is 17.8 Å². The summed E-state index contributed by atoms with van der Waals surface area (Å²) in [7, 11) is 0. The molecular formula is C12H22N2O3. The smallest absolute Gasteiger partial charge is 0.326 e. The Morgan fingerprint density at radius 2 is 2.00 bits per heavy atom. The molecule has 1 saturated carbocycles. The molecule has 0 saturated heterocycles. The Morgan fingerprint density at radius 3 is 2.41 bits per heavy atom. The summed E-state index contributed by atoms with van der Waals surface area (Å²) in [4.78, 5) is 22.4. The second-order valence-corrected chi connectivity index (χ2v) is 5.35. The molecule has 0 radical (unpaired) electrons. The lowest BCUT2D eigenvalue weighted by atomic mass is 10.0. The average Bonchev–Trinajstić information content (AvgIpc) is 2.90. The molecule has 0 heterocycles. The molecule has 1 aliphatic carbocycles. The van der Waals surface area contributed by atoms with E-state index in [0.29, 0.717) is 24.8 Å². The van der Waals surface area contributed by atoms with Crippen LogP contribution in [-0.2, 0) is 4.79 Å². The van der Waals surface area contributed by atoms with Crippen LogP contribution in [0, 0.1) is 17.8 Å². The third kappa shape index (κ3) is 5.06. The minimum Gasteiger partial charge on any atom is -0.480 e. The number of amides is 2. The third-order valence-corrected chi connectivity index (χ3v) is 3.11. The van der Waals surface area contributed by atoms with Gasteiger partial charge in [-0.2, -0.15) is 0 Å². The molecule has 0 aromatic rings. The van der Waals surface area contributed by atoms with Crippen LogP contribution in [0.5, 0.6) is 0 Å². The molecule has 2 amide bonds. The molecule has 3 atom stereocenters. The van der Waals surface area contributed by atoms with Crippen molar-refractivity contribution in [1.29, 1.82) is 0 Å². The number of urea groups is 1. The van der Waals surface area contributed by atoms with E-state index in [2.05, 4.69) is 17.6 Å². The van der Waals surface area contributed by atoms with E-state index >= 15 is 0 Å². The van der Waals surface area contributed by atoms with E-state index in [4.69, 9.17) is 5.11 Å².